The van der Waals surface area contributed by atoms with Crippen molar-refractivity contribution < 1.29 is 9.59 Å². The SMILES string of the molecule is CC[C@@H](C(=O)NC1CCCC1)N(Cc1ccccc1C)C(=O)Cc1ccc(C)c(C)c1. The summed E-state index contributed by atoms with van der Waals surface area (Å²) in [5.74, 6) is -0.0173. The molecule has 1 saturated carbocycles. The Morgan fingerprint density at radius 3 is 2.35 bits per heavy atom. The number of amides is 2. The summed E-state index contributed by atoms with van der Waals surface area (Å²) in [5, 5.41) is 3.21. The van der Waals surface area contributed by atoms with Gasteiger partial charge in [-0.05, 0) is 67.9 Å². The van der Waals surface area contributed by atoms with Crippen LogP contribution in [0.2, 0.25) is 0 Å². The van der Waals surface area contributed by atoms with E-state index in [1.807, 2.05) is 31.2 Å². The van der Waals surface area contributed by atoms with Gasteiger partial charge in [0.25, 0.3) is 0 Å². The van der Waals surface area contributed by atoms with Crippen molar-refractivity contribution in [3.05, 3.63) is 70.3 Å². The molecule has 1 aliphatic rings. The first-order valence-electron chi connectivity index (χ1n) is 11.6. The second-order valence-electron chi connectivity index (χ2n) is 8.96. The standard InChI is InChI=1S/C27H36N2O2/c1-5-25(27(31)28-24-12-8-9-13-24)29(18-23-11-7-6-10-20(23)3)26(30)17-22-15-14-19(2)21(4)16-22/h6-7,10-11,14-16,24-25H,5,8-9,12-13,17-18H2,1-4H3,(H,28,31)/t25-/m0/s1. The van der Waals surface area contributed by atoms with Gasteiger partial charge in [-0.3, -0.25) is 9.59 Å². The van der Waals surface area contributed by atoms with Crippen LogP contribution >= 0.6 is 0 Å². The average Bonchev–Trinajstić information content (AvgIpc) is 3.25. The molecule has 4 nitrogen and oxygen atoms in total. The number of nitrogens with zero attached hydrogens (tertiary/aromatic N) is 1. The molecular weight excluding hydrogens is 384 g/mol. The van der Waals surface area contributed by atoms with E-state index in [4.69, 9.17) is 0 Å². The summed E-state index contributed by atoms with van der Waals surface area (Å²) in [6.45, 7) is 8.64. The molecule has 0 unspecified atom stereocenters. The number of carbonyl (C=O) groups is 2. The lowest BCUT2D eigenvalue weighted by molar-refractivity contribution is -0.141. The predicted molar refractivity (Wildman–Crippen MR) is 126 cm³/mol. The fraction of sp³-hybridized carbons (Fsp3) is 0.481. The van der Waals surface area contributed by atoms with Gasteiger partial charge in [-0.2, -0.15) is 0 Å². The molecule has 1 aliphatic carbocycles. The van der Waals surface area contributed by atoms with Crippen LogP contribution in [0.1, 0.15) is 66.8 Å². The molecule has 0 saturated heterocycles. The maximum atomic E-state index is 13.5. The molecule has 1 N–H and O–H groups in total. The molecule has 1 fully saturated rings. The van der Waals surface area contributed by atoms with Gasteiger partial charge < -0.3 is 10.2 Å². The highest BCUT2D eigenvalue weighted by Crippen LogP contribution is 2.21. The number of nitrogens with one attached hydrogen (secondary N) is 1. The van der Waals surface area contributed by atoms with Gasteiger partial charge in [0, 0.05) is 12.6 Å². The number of rotatable bonds is 8. The fourth-order valence-corrected chi connectivity index (χ4v) is 4.45. The second kappa shape index (κ2) is 10.6. The molecule has 2 amide bonds. The fourth-order valence-electron chi connectivity index (χ4n) is 4.45. The second-order valence-corrected chi connectivity index (χ2v) is 8.96. The van der Waals surface area contributed by atoms with Crippen LogP contribution < -0.4 is 5.32 Å². The van der Waals surface area contributed by atoms with E-state index < -0.39 is 6.04 Å². The van der Waals surface area contributed by atoms with Crippen molar-refractivity contribution in [2.75, 3.05) is 0 Å². The Hall–Kier alpha value is -2.62. The molecule has 31 heavy (non-hydrogen) atoms. The van der Waals surface area contributed by atoms with Crippen molar-refractivity contribution in [2.24, 2.45) is 0 Å². The lowest BCUT2D eigenvalue weighted by Crippen LogP contribution is -2.51. The molecule has 2 aromatic carbocycles. The molecule has 1 atom stereocenters. The van der Waals surface area contributed by atoms with Crippen LogP contribution in [0.4, 0.5) is 0 Å². The zero-order valence-corrected chi connectivity index (χ0v) is 19.4. The van der Waals surface area contributed by atoms with E-state index in [9.17, 15) is 9.59 Å². The average molecular weight is 421 g/mol. The minimum atomic E-state index is -0.459. The highest BCUT2D eigenvalue weighted by Gasteiger charge is 2.30. The van der Waals surface area contributed by atoms with Gasteiger partial charge in [0.1, 0.15) is 6.04 Å². The number of hydrogen-bond acceptors (Lipinski definition) is 2. The van der Waals surface area contributed by atoms with Crippen molar-refractivity contribution in [1.29, 1.82) is 0 Å². The quantitative estimate of drug-likeness (QED) is 0.652. The minimum absolute atomic E-state index is 0.0000666. The lowest BCUT2D eigenvalue weighted by atomic mass is 10.0. The Kier molecular flexibility index (Phi) is 7.89. The predicted octanol–water partition coefficient (Wildman–Crippen LogP) is 5.02. The Morgan fingerprint density at radius 2 is 1.71 bits per heavy atom. The normalized spacial score (nSPS) is 15.0. The van der Waals surface area contributed by atoms with Crippen LogP contribution in [0.25, 0.3) is 0 Å². The van der Waals surface area contributed by atoms with Crippen molar-refractivity contribution in [2.45, 2.75) is 84.8 Å². The summed E-state index contributed by atoms with van der Waals surface area (Å²) in [6, 6.07) is 14.1. The van der Waals surface area contributed by atoms with E-state index >= 15 is 0 Å². The molecule has 4 heteroatoms. The summed E-state index contributed by atoms with van der Waals surface area (Å²) < 4.78 is 0. The first-order valence-corrected chi connectivity index (χ1v) is 11.6. The zero-order valence-electron chi connectivity index (χ0n) is 19.4. The summed E-state index contributed by atoms with van der Waals surface area (Å²) in [4.78, 5) is 28.5. The highest BCUT2D eigenvalue weighted by molar-refractivity contribution is 5.88. The van der Waals surface area contributed by atoms with Crippen molar-refractivity contribution in [1.82, 2.24) is 10.2 Å². The van der Waals surface area contributed by atoms with Crippen LogP contribution in [-0.2, 0) is 22.6 Å². The first-order chi connectivity index (χ1) is 14.9. The minimum Gasteiger partial charge on any atom is -0.352 e. The molecule has 0 heterocycles. The third-order valence-corrected chi connectivity index (χ3v) is 6.62. The lowest BCUT2D eigenvalue weighted by Gasteiger charge is -2.32. The maximum Gasteiger partial charge on any atom is 0.243 e. The van der Waals surface area contributed by atoms with E-state index in [1.165, 1.54) is 24.0 Å². The van der Waals surface area contributed by atoms with Crippen molar-refractivity contribution in [3.8, 4) is 0 Å². The number of aryl methyl sites for hydroxylation is 3. The zero-order chi connectivity index (χ0) is 22.4. The third-order valence-electron chi connectivity index (χ3n) is 6.62. The van der Waals surface area contributed by atoms with Gasteiger partial charge >= 0.3 is 0 Å². The van der Waals surface area contributed by atoms with E-state index in [2.05, 4.69) is 44.3 Å². The van der Waals surface area contributed by atoms with E-state index in [-0.39, 0.29) is 17.9 Å². The topological polar surface area (TPSA) is 49.4 Å². The largest absolute Gasteiger partial charge is 0.352 e. The Balaban J connectivity index is 1.84. The molecule has 3 rings (SSSR count). The number of carbonyl (C=O) groups excluding carboxylic acids is 2. The molecule has 166 valence electrons. The smallest absolute Gasteiger partial charge is 0.243 e. The molecule has 0 bridgehead atoms. The molecule has 2 aromatic rings. The summed E-state index contributed by atoms with van der Waals surface area (Å²) in [5.41, 5.74) is 5.62. The molecule has 0 aliphatic heterocycles. The van der Waals surface area contributed by atoms with Gasteiger partial charge in [0.05, 0.1) is 6.42 Å². The van der Waals surface area contributed by atoms with Crippen LogP contribution in [0, 0.1) is 20.8 Å². The highest BCUT2D eigenvalue weighted by atomic mass is 16.2. The van der Waals surface area contributed by atoms with Crippen LogP contribution in [-0.4, -0.2) is 28.8 Å². The van der Waals surface area contributed by atoms with Crippen molar-refractivity contribution >= 4 is 11.8 Å². The van der Waals surface area contributed by atoms with Gasteiger partial charge in [0.15, 0.2) is 0 Å². The molecular formula is C27H36N2O2. The van der Waals surface area contributed by atoms with E-state index in [0.29, 0.717) is 19.4 Å². The monoisotopic (exact) mass is 420 g/mol. The van der Waals surface area contributed by atoms with Gasteiger partial charge in [-0.15, -0.1) is 0 Å². The Labute approximate surface area is 187 Å². The van der Waals surface area contributed by atoms with Crippen LogP contribution in [0.5, 0.6) is 0 Å². The first kappa shape index (κ1) is 23.1. The Bertz CT molecular complexity index is 915. The third kappa shape index (κ3) is 5.96. The van der Waals surface area contributed by atoms with E-state index in [1.54, 1.807) is 4.90 Å². The van der Waals surface area contributed by atoms with Gasteiger partial charge in [-0.1, -0.05) is 62.2 Å². The van der Waals surface area contributed by atoms with Crippen LogP contribution in [0.3, 0.4) is 0 Å². The summed E-state index contributed by atoms with van der Waals surface area (Å²) in [6.07, 6.45) is 5.32. The molecule has 0 radical (unpaired) electrons. The maximum absolute atomic E-state index is 13.5. The van der Waals surface area contributed by atoms with Gasteiger partial charge in [-0.25, -0.2) is 0 Å². The molecule has 0 aromatic heterocycles. The van der Waals surface area contributed by atoms with Gasteiger partial charge in [0.2, 0.25) is 11.8 Å². The number of hydrogen-bond donors (Lipinski definition) is 1. The molecule has 0 spiro atoms. The number of benzene rings is 2. The van der Waals surface area contributed by atoms with Crippen molar-refractivity contribution in [3.63, 3.8) is 0 Å². The summed E-state index contributed by atoms with van der Waals surface area (Å²) >= 11 is 0. The van der Waals surface area contributed by atoms with E-state index in [0.717, 1.165) is 29.5 Å². The van der Waals surface area contributed by atoms with Crippen LogP contribution in [0.15, 0.2) is 42.5 Å². The summed E-state index contributed by atoms with van der Waals surface area (Å²) in [7, 11) is 0. The Morgan fingerprint density at radius 1 is 1.00 bits per heavy atom.